The zero-order valence-corrected chi connectivity index (χ0v) is 11.1. The molecule has 106 valence electrons. The first-order valence-corrected chi connectivity index (χ1v) is 6.34. The Labute approximate surface area is 116 Å². The lowest BCUT2D eigenvalue weighted by Gasteiger charge is -2.14. The van der Waals surface area contributed by atoms with Crippen LogP contribution in [0.5, 0.6) is 0 Å². The molecule has 0 radical (unpaired) electrons. The standard InChI is InChI=1S/C13H16N4O3/c1-8-4-5-14-9(6-8)7-15-12(19)10-2-3-11(18)17-13(20)16-10/h4-6,10H,2-3,7H2,1H3,(H,15,19)(H2,16,17,18,20)/t10-/m1/s1. The SMILES string of the molecule is Cc1ccnc(CNC(=O)[C@H]2CCC(=O)NC(=O)N2)c1. The molecule has 20 heavy (non-hydrogen) atoms. The number of imide groups is 1. The number of hydrogen-bond acceptors (Lipinski definition) is 4. The molecule has 0 aliphatic carbocycles. The van der Waals surface area contributed by atoms with Crippen LogP contribution < -0.4 is 16.0 Å². The van der Waals surface area contributed by atoms with E-state index in [1.54, 1.807) is 6.20 Å². The van der Waals surface area contributed by atoms with E-state index in [0.717, 1.165) is 11.3 Å². The van der Waals surface area contributed by atoms with Crippen molar-refractivity contribution in [3.8, 4) is 0 Å². The molecule has 1 aliphatic rings. The highest BCUT2D eigenvalue weighted by Crippen LogP contribution is 2.03. The Morgan fingerprint density at radius 2 is 2.30 bits per heavy atom. The largest absolute Gasteiger partial charge is 0.349 e. The van der Waals surface area contributed by atoms with Gasteiger partial charge in [-0.1, -0.05) is 0 Å². The molecule has 0 saturated carbocycles. The van der Waals surface area contributed by atoms with Crippen LogP contribution in [0.1, 0.15) is 24.1 Å². The first-order chi connectivity index (χ1) is 9.54. The number of urea groups is 1. The second kappa shape index (κ2) is 6.14. The van der Waals surface area contributed by atoms with Crippen LogP contribution >= 0.6 is 0 Å². The van der Waals surface area contributed by atoms with Gasteiger partial charge in [0.25, 0.3) is 0 Å². The van der Waals surface area contributed by atoms with E-state index in [-0.39, 0.29) is 31.2 Å². The van der Waals surface area contributed by atoms with Gasteiger partial charge in [-0.3, -0.25) is 19.9 Å². The van der Waals surface area contributed by atoms with Crippen molar-refractivity contribution in [1.82, 2.24) is 20.9 Å². The minimum atomic E-state index is -0.703. The number of nitrogens with one attached hydrogen (secondary N) is 3. The van der Waals surface area contributed by atoms with Gasteiger partial charge in [0.15, 0.2) is 0 Å². The molecule has 1 fully saturated rings. The van der Waals surface area contributed by atoms with Gasteiger partial charge in [-0.05, 0) is 31.0 Å². The highest BCUT2D eigenvalue weighted by atomic mass is 16.2. The Kier molecular flexibility index (Phi) is 4.29. The lowest BCUT2D eigenvalue weighted by atomic mass is 10.1. The number of aryl methyl sites for hydroxylation is 1. The van der Waals surface area contributed by atoms with Gasteiger partial charge in [-0.25, -0.2) is 4.79 Å². The van der Waals surface area contributed by atoms with Crippen LogP contribution in [0.3, 0.4) is 0 Å². The maximum atomic E-state index is 12.0. The molecule has 2 heterocycles. The van der Waals surface area contributed by atoms with E-state index in [4.69, 9.17) is 0 Å². The van der Waals surface area contributed by atoms with Gasteiger partial charge in [0.2, 0.25) is 11.8 Å². The molecule has 7 nitrogen and oxygen atoms in total. The molecule has 0 bridgehead atoms. The van der Waals surface area contributed by atoms with E-state index < -0.39 is 12.1 Å². The molecular formula is C13H16N4O3. The Hall–Kier alpha value is -2.44. The lowest BCUT2D eigenvalue weighted by molar-refractivity contribution is -0.123. The minimum Gasteiger partial charge on any atom is -0.349 e. The van der Waals surface area contributed by atoms with E-state index in [1.807, 2.05) is 19.1 Å². The highest BCUT2D eigenvalue weighted by molar-refractivity contribution is 5.98. The predicted molar refractivity (Wildman–Crippen MR) is 70.5 cm³/mol. The maximum Gasteiger partial charge on any atom is 0.322 e. The summed E-state index contributed by atoms with van der Waals surface area (Å²) in [7, 11) is 0. The maximum absolute atomic E-state index is 12.0. The summed E-state index contributed by atoms with van der Waals surface area (Å²) in [6.07, 6.45) is 2.09. The number of amides is 4. The topological polar surface area (TPSA) is 100 Å². The monoisotopic (exact) mass is 276 g/mol. The second-order valence-corrected chi connectivity index (χ2v) is 4.66. The molecule has 1 aromatic rings. The van der Waals surface area contributed by atoms with Crippen molar-refractivity contribution in [2.45, 2.75) is 32.4 Å². The van der Waals surface area contributed by atoms with Crippen molar-refractivity contribution >= 4 is 17.8 Å². The molecule has 1 atom stereocenters. The minimum absolute atomic E-state index is 0.138. The average molecular weight is 276 g/mol. The van der Waals surface area contributed by atoms with Crippen molar-refractivity contribution in [2.75, 3.05) is 0 Å². The molecule has 4 amide bonds. The Morgan fingerprint density at radius 3 is 3.05 bits per heavy atom. The number of carbonyl (C=O) groups excluding carboxylic acids is 3. The first kappa shape index (κ1) is 14.0. The summed E-state index contributed by atoms with van der Waals surface area (Å²) >= 11 is 0. The average Bonchev–Trinajstić information content (AvgIpc) is 2.57. The van der Waals surface area contributed by atoms with E-state index in [1.165, 1.54) is 0 Å². The van der Waals surface area contributed by atoms with Crippen LogP contribution in [-0.4, -0.2) is 28.9 Å². The molecule has 7 heteroatoms. The summed E-state index contributed by atoms with van der Waals surface area (Å²) in [6.45, 7) is 2.23. The fraction of sp³-hybridized carbons (Fsp3) is 0.385. The number of carbonyl (C=O) groups is 3. The fourth-order valence-corrected chi connectivity index (χ4v) is 1.92. The third-order valence-corrected chi connectivity index (χ3v) is 2.95. The fourth-order valence-electron chi connectivity index (χ4n) is 1.92. The number of hydrogen-bond donors (Lipinski definition) is 3. The van der Waals surface area contributed by atoms with Gasteiger partial charge in [-0.15, -0.1) is 0 Å². The van der Waals surface area contributed by atoms with Crippen molar-refractivity contribution < 1.29 is 14.4 Å². The predicted octanol–water partition coefficient (Wildman–Crippen LogP) is -0.00558. The van der Waals surface area contributed by atoms with Crippen LogP contribution in [0.2, 0.25) is 0 Å². The van der Waals surface area contributed by atoms with Crippen molar-refractivity contribution in [1.29, 1.82) is 0 Å². The highest BCUT2D eigenvalue weighted by Gasteiger charge is 2.25. The van der Waals surface area contributed by atoms with Gasteiger partial charge in [0, 0.05) is 12.6 Å². The summed E-state index contributed by atoms with van der Waals surface area (Å²) in [4.78, 5) is 38.6. The van der Waals surface area contributed by atoms with Crippen LogP contribution in [0.4, 0.5) is 4.79 Å². The number of nitrogens with zero attached hydrogens (tertiary/aromatic N) is 1. The molecule has 1 saturated heterocycles. The van der Waals surface area contributed by atoms with Crippen molar-refractivity contribution in [3.05, 3.63) is 29.6 Å². The van der Waals surface area contributed by atoms with Crippen molar-refractivity contribution in [3.63, 3.8) is 0 Å². The number of rotatable bonds is 3. The summed E-state index contributed by atoms with van der Waals surface area (Å²) in [5.74, 6) is -0.698. The Balaban J connectivity index is 1.91. The molecule has 1 aromatic heterocycles. The summed E-state index contributed by atoms with van der Waals surface area (Å²) in [5, 5.41) is 7.28. The van der Waals surface area contributed by atoms with Crippen LogP contribution in [0, 0.1) is 6.92 Å². The van der Waals surface area contributed by atoms with Crippen LogP contribution in [0.25, 0.3) is 0 Å². The van der Waals surface area contributed by atoms with E-state index in [2.05, 4.69) is 20.9 Å². The summed E-state index contributed by atoms with van der Waals surface area (Å²) in [5.41, 5.74) is 1.80. The number of pyridine rings is 1. The van der Waals surface area contributed by atoms with E-state index in [9.17, 15) is 14.4 Å². The van der Waals surface area contributed by atoms with Crippen LogP contribution in [-0.2, 0) is 16.1 Å². The molecular weight excluding hydrogens is 260 g/mol. The van der Waals surface area contributed by atoms with Crippen LogP contribution in [0.15, 0.2) is 18.3 Å². The molecule has 0 spiro atoms. The smallest absolute Gasteiger partial charge is 0.322 e. The zero-order valence-electron chi connectivity index (χ0n) is 11.1. The Bertz CT molecular complexity index is 544. The van der Waals surface area contributed by atoms with Gasteiger partial charge < -0.3 is 10.6 Å². The second-order valence-electron chi connectivity index (χ2n) is 4.66. The van der Waals surface area contributed by atoms with Crippen molar-refractivity contribution in [2.24, 2.45) is 0 Å². The van der Waals surface area contributed by atoms with Gasteiger partial charge >= 0.3 is 6.03 Å². The first-order valence-electron chi connectivity index (χ1n) is 6.34. The Morgan fingerprint density at radius 1 is 1.50 bits per heavy atom. The molecule has 0 aromatic carbocycles. The molecule has 0 unspecified atom stereocenters. The van der Waals surface area contributed by atoms with E-state index >= 15 is 0 Å². The lowest BCUT2D eigenvalue weighted by Crippen LogP contribution is -2.48. The zero-order chi connectivity index (χ0) is 14.5. The number of aromatic nitrogens is 1. The molecule has 3 N–H and O–H groups in total. The van der Waals surface area contributed by atoms with Gasteiger partial charge in [-0.2, -0.15) is 0 Å². The van der Waals surface area contributed by atoms with Gasteiger partial charge in [0.05, 0.1) is 12.2 Å². The normalized spacial score (nSPS) is 18.8. The van der Waals surface area contributed by atoms with E-state index in [0.29, 0.717) is 0 Å². The molecule has 1 aliphatic heterocycles. The third kappa shape index (κ3) is 3.78. The third-order valence-electron chi connectivity index (χ3n) is 2.95. The molecule has 2 rings (SSSR count). The summed E-state index contributed by atoms with van der Waals surface area (Å²) in [6, 6.07) is 2.40. The summed E-state index contributed by atoms with van der Waals surface area (Å²) < 4.78 is 0. The van der Waals surface area contributed by atoms with Gasteiger partial charge in [0.1, 0.15) is 6.04 Å². The quantitative estimate of drug-likeness (QED) is 0.723.